The summed E-state index contributed by atoms with van der Waals surface area (Å²) < 4.78 is 5.64. The highest BCUT2D eigenvalue weighted by Crippen LogP contribution is 2.33. The summed E-state index contributed by atoms with van der Waals surface area (Å²) in [6, 6.07) is 3.19. The number of rotatable bonds is 7. The molecule has 1 aromatic carbocycles. The van der Waals surface area contributed by atoms with Gasteiger partial charge in [0.1, 0.15) is 5.75 Å². The molecule has 0 radical (unpaired) electrons. The van der Waals surface area contributed by atoms with Crippen molar-refractivity contribution in [2.24, 2.45) is 0 Å². The highest BCUT2D eigenvalue weighted by Gasteiger charge is 2.09. The maximum absolute atomic E-state index is 10.6. The van der Waals surface area contributed by atoms with E-state index in [1.807, 2.05) is 14.1 Å². The Balaban J connectivity index is 2.84. The molecule has 0 amide bonds. The van der Waals surface area contributed by atoms with E-state index in [1.165, 1.54) is 6.08 Å². The van der Waals surface area contributed by atoms with Gasteiger partial charge in [0.15, 0.2) is 0 Å². The molecule has 4 nitrogen and oxygen atoms in total. The van der Waals surface area contributed by atoms with Gasteiger partial charge in [-0.2, -0.15) is 0 Å². The molecule has 0 saturated heterocycles. The fraction of sp³-hybridized carbons (Fsp3) is 0.357. The summed E-state index contributed by atoms with van der Waals surface area (Å²) in [5.41, 5.74) is 0.551. The minimum Gasteiger partial charge on any atom is -0.491 e. The molecule has 0 aromatic heterocycles. The number of hydrogen-bond acceptors (Lipinski definition) is 3. The Morgan fingerprint density at radius 3 is 2.70 bits per heavy atom. The summed E-state index contributed by atoms with van der Waals surface area (Å²) in [5, 5.41) is 9.48. The molecular formula is C14H17Cl2NO3. The maximum atomic E-state index is 10.6. The van der Waals surface area contributed by atoms with Gasteiger partial charge >= 0.3 is 5.97 Å². The van der Waals surface area contributed by atoms with Gasteiger partial charge < -0.3 is 14.7 Å². The third kappa shape index (κ3) is 5.82. The van der Waals surface area contributed by atoms with Gasteiger partial charge in [0, 0.05) is 23.2 Å². The summed E-state index contributed by atoms with van der Waals surface area (Å²) in [5.74, 6) is -0.591. The van der Waals surface area contributed by atoms with Crippen LogP contribution in [0.3, 0.4) is 0 Å². The number of hydrogen-bond donors (Lipinski definition) is 1. The largest absolute Gasteiger partial charge is 0.491 e. The number of halogens is 2. The lowest BCUT2D eigenvalue weighted by molar-refractivity contribution is -0.131. The van der Waals surface area contributed by atoms with Gasteiger partial charge in [0.25, 0.3) is 0 Å². The van der Waals surface area contributed by atoms with Crippen LogP contribution in [0.4, 0.5) is 0 Å². The van der Waals surface area contributed by atoms with Crippen molar-refractivity contribution in [3.05, 3.63) is 33.8 Å². The van der Waals surface area contributed by atoms with Crippen LogP contribution < -0.4 is 4.74 Å². The molecule has 0 fully saturated rings. The average molecular weight is 318 g/mol. The van der Waals surface area contributed by atoms with E-state index in [0.717, 1.165) is 19.0 Å². The van der Waals surface area contributed by atoms with Gasteiger partial charge in [-0.05, 0) is 38.7 Å². The second-order valence-electron chi connectivity index (χ2n) is 4.48. The predicted molar refractivity (Wildman–Crippen MR) is 81.8 cm³/mol. The van der Waals surface area contributed by atoms with Crippen LogP contribution in [0.25, 0.3) is 6.08 Å². The first kappa shape index (κ1) is 16.8. The normalized spacial score (nSPS) is 11.2. The van der Waals surface area contributed by atoms with Crippen molar-refractivity contribution in [2.45, 2.75) is 6.42 Å². The summed E-state index contributed by atoms with van der Waals surface area (Å²) in [6.45, 7) is 1.39. The molecule has 0 aliphatic carbocycles. The van der Waals surface area contributed by atoms with E-state index in [1.54, 1.807) is 12.1 Å². The lowest BCUT2D eigenvalue weighted by atomic mass is 10.2. The number of aliphatic carboxylic acids is 1. The molecule has 6 heteroatoms. The molecule has 1 aromatic rings. The van der Waals surface area contributed by atoms with Crippen LogP contribution >= 0.6 is 23.2 Å². The summed E-state index contributed by atoms with van der Waals surface area (Å²) in [4.78, 5) is 12.6. The zero-order chi connectivity index (χ0) is 15.1. The smallest absolute Gasteiger partial charge is 0.328 e. The van der Waals surface area contributed by atoms with Gasteiger partial charge in [0.2, 0.25) is 0 Å². The Hall–Kier alpha value is -1.23. The van der Waals surface area contributed by atoms with E-state index in [4.69, 9.17) is 33.0 Å². The van der Waals surface area contributed by atoms with Gasteiger partial charge in [-0.25, -0.2) is 4.79 Å². The molecule has 0 saturated carbocycles. The molecule has 20 heavy (non-hydrogen) atoms. The zero-order valence-corrected chi connectivity index (χ0v) is 12.9. The van der Waals surface area contributed by atoms with Crippen LogP contribution in [0.2, 0.25) is 10.0 Å². The summed E-state index contributed by atoms with van der Waals surface area (Å²) >= 11 is 12.0. The third-order valence-corrected chi connectivity index (χ3v) is 2.94. The Bertz CT molecular complexity index is 501. The molecule has 110 valence electrons. The summed E-state index contributed by atoms with van der Waals surface area (Å²) in [7, 11) is 3.96. The van der Waals surface area contributed by atoms with E-state index in [-0.39, 0.29) is 0 Å². The topological polar surface area (TPSA) is 49.8 Å². The zero-order valence-electron chi connectivity index (χ0n) is 11.4. The molecule has 0 aliphatic rings. The molecule has 1 N–H and O–H groups in total. The molecule has 0 aliphatic heterocycles. The Morgan fingerprint density at radius 2 is 2.10 bits per heavy atom. The molecule has 1 rings (SSSR count). The maximum Gasteiger partial charge on any atom is 0.328 e. The van der Waals surface area contributed by atoms with E-state index in [2.05, 4.69) is 4.90 Å². The first-order valence-corrected chi connectivity index (χ1v) is 6.83. The molecule has 0 spiro atoms. The number of carboxylic acid groups (broad SMARTS) is 1. The third-order valence-electron chi connectivity index (χ3n) is 2.44. The van der Waals surface area contributed by atoms with Crippen molar-refractivity contribution in [3.8, 4) is 5.75 Å². The molecule has 0 bridgehead atoms. The van der Waals surface area contributed by atoms with Crippen LogP contribution in [0, 0.1) is 0 Å². The molecule has 0 heterocycles. The first-order valence-electron chi connectivity index (χ1n) is 6.07. The minimum atomic E-state index is -1.04. The van der Waals surface area contributed by atoms with Crippen molar-refractivity contribution in [2.75, 3.05) is 27.2 Å². The SMILES string of the molecule is CN(C)CCCOc1c(Cl)cc(Cl)cc1/C=C/C(=O)O. The van der Waals surface area contributed by atoms with Gasteiger partial charge in [-0.15, -0.1) is 0 Å². The number of benzene rings is 1. The van der Waals surface area contributed by atoms with E-state index in [0.29, 0.717) is 28.0 Å². The Kier molecular flexibility index (Phi) is 6.85. The van der Waals surface area contributed by atoms with Crippen LogP contribution in [-0.2, 0) is 4.79 Å². The number of nitrogens with zero attached hydrogens (tertiary/aromatic N) is 1. The highest BCUT2D eigenvalue weighted by atomic mass is 35.5. The highest BCUT2D eigenvalue weighted by molar-refractivity contribution is 6.35. The monoisotopic (exact) mass is 317 g/mol. The summed E-state index contributed by atoms with van der Waals surface area (Å²) in [6.07, 6.45) is 3.28. The van der Waals surface area contributed by atoms with Crippen LogP contribution in [0.15, 0.2) is 18.2 Å². The van der Waals surface area contributed by atoms with Crippen molar-refractivity contribution < 1.29 is 14.6 Å². The van der Waals surface area contributed by atoms with Crippen molar-refractivity contribution in [3.63, 3.8) is 0 Å². The lowest BCUT2D eigenvalue weighted by Crippen LogP contribution is -2.15. The van der Waals surface area contributed by atoms with Crippen molar-refractivity contribution >= 4 is 35.2 Å². The average Bonchev–Trinajstić information content (AvgIpc) is 2.33. The first-order chi connectivity index (χ1) is 9.40. The Morgan fingerprint density at radius 1 is 1.40 bits per heavy atom. The fourth-order valence-corrected chi connectivity index (χ4v) is 2.14. The fourth-order valence-electron chi connectivity index (χ4n) is 1.57. The molecular weight excluding hydrogens is 301 g/mol. The number of carboxylic acids is 1. The van der Waals surface area contributed by atoms with Gasteiger partial charge in [-0.3, -0.25) is 0 Å². The molecule has 0 unspecified atom stereocenters. The van der Waals surface area contributed by atoms with Gasteiger partial charge in [0.05, 0.1) is 11.6 Å². The van der Waals surface area contributed by atoms with Crippen molar-refractivity contribution in [1.29, 1.82) is 0 Å². The van der Waals surface area contributed by atoms with Crippen LogP contribution in [0.1, 0.15) is 12.0 Å². The molecule has 0 atom stereocenters. The van der Waals surface area contributed by atoms with Crippen LogP contribution in [0.5, 0.6) is 5.75 Å². The van der Waals surface area contributed by atoms with E-state index >= 15 is 0 Å². The number of ether oxygens (including phenoxy) is 1. The lowest BCUT2D eigenvalue weighted by Gasteiger charge is -2.13. The Labute approximate surface area is 128 Å². The predicted octanol–water partition coefficient (Wildman–Crippen LogP) is 3.42. The van der Waals surface area contributed by atoms with E-state index in [9.17, 15) is 4.79 Å². The standard InChI is InChI=1S/C14H17Cl2NO3/c1-17(2)6-3-7-20-14-10(4-5-13(18)19)8-11(15)9-12(14)16/h4-5,8-9H,3,6-7H2,1-2H3,(H,18,19)/b5-4+. The van der Waals surface area contributed by atoms with E-state index < -0.39 is 5.97 Å². The second-order valence-corrected chi connectivity index (χ2v) is 5.33. The second kappa shape index (κ2) is 8.15. The van der Waals surface area contributed by atoms with Crippen LogP contribution in [-0.4, -0.2) is 43.2 Å². The minimum absolute atomic E-state index is 0.368. The van der Waals surface area contributed by atoms with Gasteiger partial charge in [-0.1, -0.05) is 23.2 Å². The quantitative estimate of drug-likeness (QED) is 0.618. The number of carbonyl (C=O) groups is 1. The van der Waals surface area contributed by atoms with Crippen molar-refractivity contribution in [1.82, 2.24) is 4.90 Å².